The van der Waals surface area contributed by atoms with Crippen LogP contribution in [0.4, 0.5) is 0 Å². The number of nitrogens with zero attached hydrogens (tertiary/aromatic N) is 2. The summed E-state index contributed by atoms with van der Waals surface area (Å²) in [6, 6.07) is 77.3. The van der Waals surface area contributed by atoms with Gasteiger partial charge in [0.05, 0.1) is 11.4 Å². The zero-order valence-electron chi connectivity index (χ0n) is 33.5. The van der Waals surface area contributed by atoms with Crippen molar-refractivity contribution in [3.05, 3.63) is 218 Å². The van der Waals surface area contributed by atoms with Crippen molar-refractivity contribution in [2.75, 3.05) is 0 Å². The molecule has 62 heavy (non-hydrogen) atoms. The number of hydrogen-bond donors (Lipinski definition) is 0. The predicted octanol–water partition coefficient (Wildman–Crippen LogP) is 16.4. The van der Waals surface area contributed by atoms with Gasteiger partial charge in [0.1, 0.15) is 11.2 Å². The van der Waals surface area contributed by atoms with Crippen LogP contribution in [-0.2, 0) is 0 Å². The fourth-order valence-electron chi connectivity index (χ4n) is 8.79. The SMILES string of the molecule is c1ccc(-c2ccc(-c3ccc(-c4nc(-c5ccccc5)cc(-c5ccc(-c6ccc(-c7ccc8c(c7)sc7ccccc78)c7c6oc6ccccc67)cc5)n4)cc3)cc2)cc1. The van der Waals surface area contributed by atoms with Gasteiger partial charge in [-0.15, -0.1) is 11.3 Å². The Kier molecular flexibility index (Phi) is 8.68. The monoisotopic (exact) mass is 808 g/mol. The summed E-state index contributed by atoms with van der Waals surface area (Å²) in [4.78, 5) is 10.3. The van der Waals surface area contributed by atoms with E-state index in [0.717, 1.165) is 66.7 Å². The molecule has 3 aromatic heterocycles. The van der Waals surface area contributed by atoms with Crippen molar-refractivity contribution in [2.24, 2.45) is 0 Å². The zero-order chi connectivity index (χ0) is 41.0. The van der Waals surface area contributed by atoms with Crippen molar-refractivity contribution in [1.29, 1.82) is 0 Å². The first-order valence-electron chi connectivity index (χ1n) is 20.9. The minimum Gasteiger partial charge on any atom is -0.455 e. The smallest absolute Gasteiger partial charge is 0.160 e. The first-order valence-corrected chi connectivity index (χ1v) is 21.7. The normalized spacial score (nSPS) is 11.5. The highest BCUT2D eigenvalue weighted by Crippen LogP contribution is 2.44. The molecule has 0 radical (unpaired) electrons. The Bertz CT molecular complexity index is 3590. The molecular formula is C58H36N2OS. The molecule has 12 rings (SSSR count). The molecule has 12 aromatic rings. The molecule has 4 heteroatoms. The number of fused-ring (bicyclic) bond motifs is 6. The lowest BCUT2D eigenvalue weighted by Gasteiger charge is -2.11. The molecule has 0 spiro atoms. The molecule has 0 saturated heterocycles. The number of thiophene rings is 1. The molecule has 0 unspecified atom stereocenters. The number of furan rings is 1. The summed E-state index contributed by atoms with van der Waals surface area (Å²) in [6.45, 7) is 0. The maximum absolute atomic E-state index is 6.72. The average Bonchev–Trinajstić information content (AvgIpc) is 3.93. The molecule has 0 bridgehead atoms. The van der Waals surface area contributed by atoms with Gasteiger partial charge in [0.15, 0.2) is 5.82 Å². The number of benzene rings is 9. The van der Waals surface area contributed by atoms with Crippen molar-refractivity contribution >= 4 is 53.4 Å². The van der Waals surface area contributed by atoms with E-state index in [2.05, 4.69) is 200 Å². The van der Waals surface area contributed by atoms with Gasteiger partial charge in [0.25, 0.3) is 0 Å². The fourth-order valence-corrected chi connectivity index (χ4v) is 9.93. The molecule has 0 aliphatic carbocycles. The second-order valence-corrected chi connectivity index (χ2v) is 16.8. The molecule has 9 aromatic carbocycles. The minimum atomic E-state index is 0.685. The Labute approximate surface area is 362 Å². The van der Waals surface area contributed by atoms with E-state index in [9.17, 15) is 0 Å². The fraction of sp³-hybridized carbons (Fsp3) is 0. The van der Waals surface area contributed by atoms with E-state index in [-0.39, 0.29) is 0 Å². The Morgan fingerprint density at radius 1 is 0.323 bits per heavy atom. The molecule has 3 heterocycles. The molecule has 0 fully saturated rings. The Balaban J connectivity index is 0.904. The lowest BCUT2D eigenvalue weighted by atomic mass is 9.94. The molecule has 290 valence electrons. The highest BCUT2D eigenvalue weighted by atomic mass is 32.1. The van der Waals surface area contributed by atoms with E-state index in [1.807, 2.05) is 29.5 Å². The van der Waals surface area contributed by atoms with Gasteiger partial charge in [-0.25, -0.2) is 9.97 Å². The lowest BCUT2D eigenvalue weighted by Crippen LogP contribution is -1.96. The van der Waals surface area contributed by atoms with E-state index in [4.69, 9.17) is 14.4 Å². The van der Waals surface area contributed by atoms with E-state index in [1.165, 1.54) is 48.0 Å². The molecule has 0 aliphatic heterocycles. The lowest BCUT2D eigenvalue weighted by molar-refractivity contribution is 0.670. The van der Waals surface area contributed by atoms with Gasteiger partial charge in [-0.1, -0.05) is 188 Å². The second-order valence-electron chi connectivity index (χ2n) is 15.7. The molecule has 0 saturated carbocycles. The number of aromatic nitrogens is 2. The Hall–Kier alpha value is -7.92. The van der Waals surface area contributed by atoms with Crippen LogP contribution in [0, 0.1) is 0 Å². The molecule has 0 atom stereocenters. The van der Waals surface area contributed by atoms with Gasteiger partial charge >= 0.3 is 0 Å². The van der Waals surface area contributed by atoms with Crippen LogP contribution in [0.25, 0.3) is 121 Å². The summed E-state index contributed by atoms with van der Waals surface area (Å²) in [6.07, 6.45) is 0. The number of rotatable bonds is 7. The van der Waals surface area contributed by atoms with Crippen molar-refractivity contribution in [1.82, 2.24) is 9.97 Å². The van der Waals surface area contributed by atoms with E-state index in [1.54, 1.807) is 0 Å². The van der Waals surface area contributed by atoms with Crippen LogP contribution in [0.2, 0.25) is 0 Å². The molecule has 0 aliphatic rings. The van der Waals surface area contributed by atoms with E-state index in [0.29, 0.717) is 5.82 Å². The van der Waals surface area contributed by atoms with E-state index >= 15 is 0 Å². The van der Waals surface area contributed by atoms with Gasteiger partial charge in [0.2, 0.25) is 0 Å². The quantitative estimate of drug-likeness (QED) is 0.161. The average molecular weight is 809 g/mol. The molecule has 0 N–H and O–H groups in total. The third-order valence-corrected chi connectivity index (χ3v) is 13.1. The first kappa shape index (κ1) is 36.0. The topological polar surface area (TPSA) is 38.9 Å². The van der Waals surface area contributed by atoms with Crippen molar-refractivity contribution in [2.45, 2.75) is 0 Å². The third-order valence-electron chi connectivity index (χ3n) is 12.0. The third kappa shape index (κ3) is 6.37. The van der Waals surface area contributed by atoms with Crippen LogP contribution >= 0.6 is 11.3 Å². The standard InChI is InChI=1S/C58H36N2OS/c1-3-11-37(12-4-1)38-19-21-39(22-20-38)40-23-29-44(30-24-40)58-59-51(42-13-5-2-6-14-42)36-52(60-58)43-27-25-41(26-28-43)47-34-33-46(56-50-16-7-9-17-53(50)61-57(47)56)45-31-32-49-48-15-8-10-18-54(48)62-55(49)35-45/h1-36H. The number of para-hydroxylation sites is 1. The highest BCUT2D eigenvalue weighted by Gasteiger charge is 2.19. The van der Waals surface area contributed by atoms with Crippen molar-refractivity contribution in [3.8, 4) is 78.4 Å². The number of hydrogen-bond acceptors (Lipinski definition) is 4. The summed E-state index contributed by atoms with van der Waals surface area (Å²) in [5.74, 6) is 0.685. The summed E-state index contributed by atoms with van der Waals surface area (Å²) in [7, 11) is 0. The van der Waals surface area contributed by atoms with Crippen LogP contribution in [0.5, 0.6) is 0 Å². The Morgan fingerprint density at radius 2 is 0.806 bits per heavy atom. The van der Waals surface area contributed by atoms with Gasteiger partial charge < -0.3 is 4.42 Å². The summed E-state index contributed by atoms with van der Waals surface area (Å²) in [5, 5.41) is 4.85. The van der Waals surface area contributed by atoms with Gasteiger partial charge in [-0.05, 0) is 69.3 Å². The first-order chi connectivity index (χ1) is 30.7. The van der Waals surface area contributed by atoms with Crippen molar-refractivity contribution in [3.63, 3.8) is 0 Å². The predicted molar refractivity (Wildman–Crippen MR) is 260 cm³/mol. The molecule has 3 nitrogen and oxygen atoms in total. The van der Waals surface area contributed by atoms with Crippen LogP contribution in [0.15, 0.2) is 223 Å². The Morgan fingerprint density at radius 3 is 1.50 bits per heavy atom. The largest absolute Gasteiger partial charge is 0.455 e. The summed E-state index contributed by atoms with van der Waals surface area (Å²) >= 11 is 1.85. The van der Waals surface area contributed by atoms with Crippen LogP contribution in [0.1, 0.15) is 0 Å². The highest BCUT2D eigenvalue weighted by molar-refractivity contribution is 7.25. The maximum atomic E-state index is 6.72. The van der Waals surface area contributed by atoms with Crippen molar-refractivity contribution < 1.29 is 4.42 Å². The zero-order valence-corrected chi connectivity index (χ0v) is 34.3. The summed E-state index contributed by atoms with van der Waals surface area (Å²) in [5.41, 5.74) is 15.7. The molecule has 0 amide bonds. The van der Waals surface area contributed by atoms with Gasteiger partial charge in [0, 0.05) is 53.2 Å². The van der Waals surface area contributed by atoms with Gasteiger partial charge in [-0.2, -0.15) is 0 Å². The van der Waals surface area contributed by atoms with E-state index < -0.39 is 0 Å². The maximum Gasteiger partial charge on any atom is 0.160 e. The minimum absolute atomic E-state index is 0.685. The second kappa shape index (κ2) is 15.0. The van der Waals surface area contributed by atoms with Crippen LogP contribution in [0.3, 0.4) is 0 Å². The van der Waals surface area contributed by atoms with Gasteiger partial charge in [-0.3, -0.25) is 0 Å². The van der Waals surface area contributed by atoms with Crippen LogP contribution < -0.4 is 0 Å². The summed E-state index contributed by atoms with van der Waals surface area (Å²) < 4.78 is 9.32. The van der Waals surface area contributed by atoms with Crippen LogP contribution in [-0.4, -0.2) is 9.97 Å². The molecular weight excluding hydrogens is 773 g/mol.